The van der Waals surface area contributed by atoms with Crippen molar-refractivity contribution in [1.29, 1.82) is 0 Å². The van der Waals surface area contributed by atoms with Crippen molar-refractivity contribution in [3.8, 4) is 0 Å². The SMILES string of the molecule is CNC(Cc1ccc2c(c1)CCC2)c1cc(C)cc(F)c1. The number of fused-ring (bicyclic) bond motifs is 1. The van der Waals surface area contributed by atoms with Gasteiger partial charge in [0.2, 0.25) is 0 Å². The Balaban J connectivity index is 1.84. The maximum Gasteiger partial charge on any atom is 0.123 e. The van der Waals surface area contributed by atoms with Crippen LogP contribution in [0.4, 0.5) is 4.39 Å². The summed E-state index contributed by atoms with van der Waals surface area (Å²) in [5.41, 5.74) is 6.32. The molecule has 1 N–H and O–H groups in total. The van der Waals surface area contributed by atoms with Crippen LogP contribution in [0.2, 0.25) is 0 Å². The van der Waals surface area contributed by atoms with Crippen molar-refractivity contribution in [2.24, 2.45) is 0 Å². The molecule has 110 valence electrons. The molecule has 0 heterocycles. The largest absolute Gasteiger partial charge is 0.313 e. The van der Waals surface area contributed by atoms with E-state index in [-0.39, 0.29) is 11.9 Å². The summed E-state index contributed by atoms with van der Waals surface area (Å²) in [7, 11) is 1.94. The highest BCUT2D eigenvalue weighted by molar-refractivity contribution is 5.36. The van der Waals surface area contributed by atoms with E-state index in [2.05, 4.69) is 29.6 Å². The predicted octanol–water partition coefficient (Wildman–Crippen LogP) is 4.13. The van der Waals surface area contributed by atoms with E-state index in [0.29, 0.717) is 0 Å². The number of rotatable bonds is 4. The predicted molar refractivity (Wildman–Crippen MR) is 85.1 cm³/mol. The van der Waals surface area contributed by atoms with Crippen molar-refractivity contribution in [3.63, 3.8) is 0 Å². The monoisotopic (exact) mass is 283 g/mol. The number of likely N-dealkylation sites (N-methyl/N-ethyl adjacent to an activating group) is 1. The molecule has 1 atom stereocenters. The molecule has 0 bridgehead atoms. The Morgan fingerprint density at radius 2 is 1.90 bits per heavy atom. The fourth-order valence-electron chi connectivity index (χ4n) is 3.34. The highest BCUT2D eigenvalue weighted by Gasteiger charge is 2.15. The molecule has 1 aliphatic carbocycles. The van der Waals surface area contributed by atoms with Gasteiger partial charge in [0.1, 0.15) is 5.82 Å². The zero-order valence-electron chi connectivity index (χ0n) is 12.7. The third-order valence-electron chi connectivity index (χ3n) is 4.42. The number of hydrogen-bond donors (Lipinski definition) is 1. The van der Waals surface area contributed by atoms with Crippen LogP contribution in [0.25, 0.3) is 0 Å². The third-order valence-corrected chi connectivity index (χ3v) is 4.42. The second kappa shape index (κ2) is 5.98. The normalized spacial score (nSPS) is 15.0. The zero-order chi connectivity index (χ0) is 14.8. The minimum Gasteiger partial charge on any atom is -0.313 e. The minimum atomic E-state index is -0.154. The molecule has 0 aliphatic heterocycles. The van der Waals surface area contributed by atoms with Gasteiger partial charge in [-0.1, -0.05) is 24.3 Å². The summed E-state index contributed by atoms with van der Waals surface area (Å²) in [5.74, 6) is -0.154. The van der Waals surface area contributed by atoms with Gasteiger partial charge in [-0.3, -0.25) is 0 Å². The van der Waals surface area contributed by atoms with Crippen LogP contribution >= 0.6 is 0 Å². The van der Waals surface area contributed by atoms with Gasteiger partial charge in [-0.05, 0) is 79.6 Å². The van der Waals surface area contributed by atoms with Crippen LogP contribution in [0.1, 0.15) is 40.3 Å². The summed E-state index contributed by atoms with van der Waals surface area (Å²) in [6.07, 6.45) is 4.59. The Kier molecular flexibility index (Phi) is 4.07. The van der Waals surface area contributed by atoms with Crippen molar-refractivity contribution >= 4 is 0 Å². The number of nitrogens with one attached hydrogen (secondary N) is 1. The highest BCUT2D eigenvalue weighted by atomic mass is 19.1. The first kappa shape index (κ1) is 14.3. The number of benzene rings is 2. The van der Waals surface area contributed by atoms with Crippen molar-refractivity contribution in [2.75, 3.05) is 7.05 Å². The van der Waals surface area contributed by atoms with Crippen LogP contribution in [0.5, 0.6) is 0 Å². The Morgan fingerprint density at radius 1 is 1.10 bits per heavy atom. The Morgan fingerprint density at radius 3 is 2.67 bits per heavy atom. The summed E-state index contributed by atoms with van der Waals surface area (Å²) in [5, 5.41) is 3.32. The summed E-state index contributed by atoms with van der Waals surface area (Å²) in [4.78, 5) is 0. The van der Waals surface area contributed by atoms with E-state index in [1.165, 1.54) is 36.0 Å². The molecular weight excluding hydrogens is 261 g/mol. The fourth-order valence-corrected chi connectivity index (χ4v) is 3.34. The first-order valence-electron chi connectivity index (χ1n) is 7.71. The van der Waals surface area contributed by atoms with Crippen LogP contribution < -0.4 is 5.32 Å². The number of hydrogen-bond acceptors (Lipinski definition) is 1. The fraction of sp³-hybridized carbons (Fsp3) is 0.368. The molecule has 0 aromatic heterocycles. The first-order chi connectivity index (χ1) is 10.2. The second-order valence-electron chi connectivity index (χ2n) is 6.06. The molecule has 0 saturated heterocycles. The Labute approximate surface area is 126 Å². The summed E-state index contributed by atoms with van der Waals surface area (Å²) in [6, 6.07) is 12.3. The maximum atomic E-state index is 13.6. The smallest absolute Gasteiger partial charge is 0.123 e. The molecule has 0 amide bonds. The summed E-state index contributed by atoms with van der Waals surface area (Å²) >= 11 is 0. The van der Waals surface area contributed by atoms with E-state index in [4.69, 9.17) is 0 Å². The molecule has 3 rings (SSSR count). The number of aryl methyl sites for hydroxylation is 3. The van der Waals surface area contributed by atoms with Crippen molar-refractivity contribution in [2.45, 2.75) is 38.6 Å². The lowest BCUT2D eigenvalue weighted by molar-refractivity contribution is 0.576. The zero-order valence-corrected chi connectivity index (χ0v) is 12.7. The van der Waals surface area contributed by atoms with E-state index in [9.17, 15) is 4.39 Å². The standard InChI is InChI=1S/C19H22FN/c1-13-8-17(12-18(20)9-13)19(21-2)11-14-6-7-15-4-3-5-16(15)10-14/h6-10,12,19,21H,3-5,11H2,1-2H3. The van der Waals surface area contributed by atoms with Gasteiger partial charge < -0.3 is 5.32 Å². The van der Waals surface area contributed by atoms with Gasteiger partial charge in [-0.25, -0.2) is 4.39 Å². The molecule has 1 nitrogen and oxygen atoms in total. The molecular formula is C19H22FN. The van der Waals surface area contributed by atoms with Crippen LogP contribution in [-0.2, 0) is 19.3 Å². The maximum absolute atomic E-state index is 13.6. The quantitative estimate of drug-likeness (QED) is 0.889. The lowest BCUT2D eigenvalue weighted by Gasteiger charge is -2.18. The molecule has 2 aromatic rings. The summed E-state index contributed by atoms with van der Waals surface area (Å²) in [6.45, 7) is 1.94. The molecule has 2 heteroatoms. The molecule has 0 saturated carbocycles. The van der Waals surface area contributed by atoms with Gasteiger partial charge in [0.15, 0.2) is 0 Å². The van der Waals surface area contributed by atoms with Crippen LogP contribution in [-0.4, -0.2) is 7.05 Å². The van der Waals surface area contributed by atoms with Crippen molar-refractivity contribution < 1.29 is 4.39 Å². The Hall–Kier alpha value is -1.67. The summed E-state index contributed by atoms with van der Waals surface area (Å²) < 4.78 is 13.6. The molecule has 0 radical (unpaired) electrons. The van der Waals surface area contributed by atoms with E-state index in [1.54, 1.807) is 12.1 Å². The van der Waals surface area contributed by atoms with Gasteiger partial charge in [0.05, 0.1) is 0 Å². The molecule has 0 spiro atoms. The second-order valence-corrected chi connectivity index (χ2v) is 6.06. The first-order valence-corrected chi connectivity index (χ1v) is 7.71. The lowest BCUT2D eigenvalue weighted by Crippen LogP contribution is -2.19. The molecule has 1 unspecified atom stereocenters. The van der Waals surface area contributed by atoms with E-state index in [0.717, 1.165) is 17.5 Å². The van der Waals surface area contributed by atoms with Crippen LogP contribution in [0.15, 0.2) is 36.4 Å². The van der Waals surface area contributed by atoms with Gasteiger partial charge in [-0.2, -0.15) is 0 Å². The average Bonchev–Trinajstić information content (AvgIpc) is 2.91. The van der Waals surface area contributed by atoms with Gasteiger partial charge in [-0.15, -0.1) is 0 Å². The van der Waals surface area contributed by atoms with E-state index < -0.39 is 0 Å². The third kappa shape index (κ3) is 3.16. The van der Waals surface area contributed by atoms with Crippen LogP contribution in [0, 0.1) is 12.7 Å². The molecule has 2 aromatic carbocycles. The topological polar surface area (TPSA) is 12.0 Å². The van der Waals surface area contributed by atoms with E-state index >= 15 is 0 Å². The molecule has 1 aliphatic rings. The van der Waals surface area contributed by atoms with Crippen molar-refractivity contribution in [1.82, 2.24) is 5.32 Å². The number of halogens is 1. The van der Waals surface area contributed by atoms with Crippen LogP contribution in [0.3, 0.4) is 0 Å². The average molecular weight is 283 g/mol. The lowest BCUT2D eigenvalue weighted by atomic mass is 9.95. The van der Waals surface area contributed by atoms with Crippen molar-refractivity contribution in [3.05, 3.63) is 70.0 Å². The highest BCUT2D eigenvalue weighted by Crippen LogP contribution is 2.26. The Bertz CT molecular complexity index is 628. The molecule has 0 fully saturated rings. The molecule has 21 heavy (non-hydrogen) atoms. The van der Waals surface area contributed by atoms with E-state index in [1.807, 2.05) is 14.0 Å². The van der Waals surface area contributed by atoms with Gasteiger partial charge in [0, 0.05) is 6.04 Å². The minimum absolute atomic E-state index is 0.152. The van der Waals surface area contributed by atoms with Gasteiger partial charge in [0.25, 0.3) is 0 Å². The van der Waals surface area contributed by atoms with Gasteiger partial charge >= 0.3 is 0 Å².